The van der Waals surface area contributed by atoms with Crippen LogP contribution in [0, 0.1) is 0 Å². The van der Waals surface area contributed by atoms with Crippen molar-refractivity contribution < 1.29 is 153 Å². The van der Waals surface area contributed by atoms with E-state index in [4.69, 9.17) is 52.1 Å². The minimum absolute atomic E-state index is 0.723. The Morgan fingerprint density at radius 1 is 0.342 bits per heavy atom. The molecule has 0 spiro atoms. The largest absolute Gasteiger partial charge is 0.394 e. The SMILES string of the molecule is CC(=O)N[C@H]1C(O[C@@H]2C(O[C@H]3[C@H](O)[C@@H](COC4O[C@H](CO)[C@@H](O)[C@H](O)[C@@H]4O)OC(O[C@H]4[C@H](O)[C@@H](NC(C)=O)C(O[C@H]5[C@H](O)[C@@H](NC(C)=O)C(O)O[C@@H]5CO)O[C@@H]4CO)[C@H]3O)O[C@H](CO)[C@@H](O)[C@@H]2O)O[C@H](CO)[C@@H](O)[C@@H]1O. The van der Waals surface area contributed by atoms with E-state index in [1.54, 1.807) is 0 Å². The third kappa shape index (κ3) is 13.7. The molecule has 0 aromatic rings. The number of amides is 3. The van der Waals surface area contributed by atoms with Crippen molar-refractivity contribution in [2.45, 2.75) is 205 Å². The minimum Gasteiger partial charge on any atom is -0.394 e. The van der Waals surface area contributed by atoms with Crippen molar-refractivity contribution in [3.05, 3.63) is 0 Å². The van der Waals surface area contributed by atoms with Gasteiger partial charge in [-0.05, 0) is 0 Å². The van der Waals surface area contributed by atoms with Crippen LogP contribution < -0.4 is 16.0 Å². The van der Waals surface area contributed by atoms with Crippen LogP contribution in [0.3, 0.4) is 0 Å². The van der Waals surface area contributed by atoms with Crippen LogP contribution in [0.1, 0.15) is 20.8 Å². The molecular formula is C42H71N3O31. The Balaban J connectivity index is 1.33. The molecule has 76 heavy (non-hydrogen) atoms. The molecule has 0 aliphatic carbocycles. The highest BCUT2D eigenvalue weighted by molar-refractivity contribution is 5.74. The molecule has 6 aliphatic rings. The zero-order valence-corrected chi connectivity index (χ0v) is 40.9. The smallest absolute Gasteiger partial charge is 0.217 e. The van der Waals surface area contributed by atoms with Crippen LogP contribution in [0.4, 0.5) is 0 Å². The van der Waals surface area contributed by atoms with Gasteiger partial charge in [-0.2, -0.15) is 0 Å². The maximum absolute atomic E-state index is 12.6. The molecule has 6 aliphatic heterocycles. The summed E-state index contributed by atoms with van der Waals surface area (Å²) in [6, 6.07) is -4.99. The lowest BCUT2D eigenvalue weighted by Gasteiger charge is -2.51. The molecule has 6 heterocycles. The van der Waals surface area contributed by atoms with Gasteiger partial charge in [0, 0.05) is 20.8 Å². The first-order chi connectivity index (χ1) is 35.9. The summed E-state index contributed by atoms with van der Waals surface area (Å²) in [5.74, 6) is -2.37. The number of aliphatic hydroxyl groups excluding tert-OH is 17. The fourth-order valence-corrected chi connectivity index (χ4v) is 9.60. The minimum atomic E-state index is -2.34. The average Bonchev–Trinajstić information content (AvgIpc) is 3.37. The van der Waals surface area contributed by atoms with Crippen LogP contribution in [0.2, 0.25) is 0 Å². The van der Waals surface area contributed by atoms with E-state index in [0.29, 0.717) is 0 Å². The van der Waals surface area contributed by atoms with E-state index in [0.717, 1.165) is 20.8 Å². The highest BCUT2D eigenvalue weighted by Crippen LogP contribution is 2.37. The maximum Gasteiger partial charge on any atom is 0.217 e. The normalized spacial score (nSPS) is 48.2. The Morgan fingerprint density at radius 3 is 1.25 bits per heavy atom. The molecule has 6 unspecified atom stereocenters. The number of ether oxygens (including phenoxy) is 11. The molecule has 0 aromatic carbocycles. The predicted octanol–water partition coefficient (Wildman–Crippen LogP) is -13.7. The number of aliphatic hydroxyl groups is 17. The van der Waals surface area contributed by atoms with Gasteiger partial charge in [-0.3, -0.25) is 14.4 Å². The number of carbonyl (C=O) groups is 3. The van der Waals surface area contributed by atoms with Crippen LogP contribution in [0.5, 0.6) is 0 Å². The van der Waals surface area contributed by atoms with Gasteiger partial charge in [0.05, 0.1) is 39.6 Å². The molecule has 34 nitrogen and oxygen atoms in total. The van der Waals surface area contributed by atoms with Gasteiger partial charge in [-0.15, -0.1) is 0 Å². The average molecular weight is 1110 g/mol. The van der Waals surface area contributed by atoms with Gasteiger partial charge in [0.2, 0.25) is 17.7 Å². The molecule has 6 saturated heterocycles. The summed E-state index contributed by atoms with van der Waals surface area (Å²) in [5, 5.41) is 191. The second kappa shape index (κ2) is 27.2. The first-order valence-corrected chi connectivity index (χ1v) is 24.1. The van der Waals surface area contributed by atoms with Gasteiger partial charge in [0.25, 0.3) is 0 Å². The van der Waals surface area contributed by atoms with Crippen LogP contribution in [-0.4, -0.2) is 328 Å². The lowest BCUT2D eigenvalue weighted by molar-refractivity contribution is -0.394. The quantitative estimate of drug-likeness (QED) is 0.0571. The van der Waals surface area contributed by atoms with Gasteiger partial charge in [0.15, 0.2) is 37.7 Å². The highest BCUT2D eigenvalue weighted by Gasteiger charge is 2.58. The molecule has 0 saturated carbocycles. The molecule has 3 amide bonds. The number of carbonyl (C=O) groups excluding carboxylic acids is 3. The molecule has 34 heteroatoms. The Morgan fingerprint density at radius 2 is 0.724 bits per heavy atom. The van der Waals surface area contributed by atoms with E-state index in [-0.39, 0.29) is 0 Å². The van der Waals surface area contributed by atoms with Crippen molar-refractivity contribution in [2.24, 2.45) is 0 Å². The summed E-state index contributed by atoms with van der Waals surface area (Å²) < 4.78 is 63.7. The van der Waals surface area contributed by atoms with E-state index in [9.17, 15) is 101 Å². The molecule has 0 aromatic heterocycles. The van der Waals surface area contributed by atoms with Crippen LogP contribution >= 0.6 is 0 Å². The molecule has 440 valence electrons. The predicted molar refractivity (Wildman–Crippen MR) is 234 cm³/mol. The zero-order valence-electron chi connectivity index (χ0n) is 40.9. The van der Waals surface area contributed by atoms with Gasteiger partial charge in [-0.25, -0.2) is 0 Å². The van der Waals surface area contributed by atoms with Crippen molar-refractivity contribution in [2.75, 3.05) is 39.6 Å². The first kappa shape index (κ1) is 62.5. The lowest BCUT2D eigenvalue weighted by atomic mass is 9.94. The van der Waals surface area contributed by atoms with Crippen LogP contribution in [0.15, 0.2) is 0 Å². The molecule has 0 radical (unpaired) electrons. The van der Waals surface area contributed by atoms with Crippen LogP contribution in [-0.2, 0) is 66.5 Å². The summed E-state index contributed by atoms with van der Waals surface area (Å²) in [4.78, 5) is 36.8. The standard InChI is InChI=1S/C42H71N3O31/c1-10(51)43-19-27(59)33(16(7-49)67-37(19)65)73-39-21(45-12(3)53)28(60)34(17(8-50)71-39)74-41-32(64)35(25(57)18(72-41)9-66-40-31(63)29(61)23(55)14(5-47)69-40)75-42-36(30(62)24(56)15(6-48)70-42)76-38-20(44-11(2)52)26(58)22(54)13(4-46)68-38/h13-42,46-50,54-65H,4-9H2,1-3H3,(H,43,51)(H,44,52)(H,45,53)/t13-,14-,15-,16-,17-,18-,19-,20-,21-,22-,23-,24-,25-,26-,27-,28-,29+,30+,31+,32+,33-,34-,35+,36+,37?,38?,39?,40?,41?,42?/m1/s1. The van der Waals surface area contributed by atoms with Crippen molar-refractivity contribution in [3.63, 3.8) is 0 Å². The Bertz CT molecular complexity index is 1870. The molecule has 0 bridgehead atoms. The topological polar surface area (TPSA) is 533 Å². The van der Waals surface area contributed by atoms with E-state index in [1.807, 2.05) is 0 Å². The highest BCUT2D eigenvalue weighted by atomic mass is 16.8. The van der Waals surface area contributed by atoms with E-state index < -0.39 is 241 Å². The molecule has 20 N–H and O–H groups in total. The van der Waals surface area contributed by atoms with Crippen molar-refractivity contribution in [1.29, 1.82) is 0 Å². The zero-order chi connectivity index (χ0) is 56.2. The summed E-state index contributed by atoms with van der Waals surface area (Å²) in [5.41, 5.74) is 0. The molecule has 30 atom stereocenters. The van der Waals surface area contributed by atoms with Gasteiger partial charge >= 0.3 is 0 Å². The van der Waals surface area contributed by atoms with Crippen molar-refractivity contribution >= 4 is 17.7 Å². The lowest BCUT2D eigenvalue weighted by Crippen LogP contribution is -2.70. The van der Waals surface area contributed by atoms with Crippen molar-refractivity contribution in [1.82, 2.24) is 16.0 Å². The second-order valence-electron chi connectivity index (χ2n) is 19.0. The molecule has 6 fully saturated rings. The maximum atomic E-state index is 12.6. The Kier molecular flexibility index (Phi) is 22.3. The van der Waals surface area contributed by atoms with Gasteiger partial charge in [-0.1, -0.05) is 0 Å². The first-order valence-electron chi connectivity index (χ1n) is 24.1. The number of hydrogen-bond acceptors (Lipinski definition) is 31. The number of nitrogens with one attached hydrogen (secondary N) is 3. The molecular weight excluding hydrogens is 1040 g/mol. The monoisotopic (exact) mass is 1110 g/mol. The third-order valence-electron chi connectivity index (χ3n) is 13.6. The fourth-order valence-electron chi connectivity index (χ4n) is 9.60. The van der Waals surface area contributed by atoms with Crippen LogP contribution in [0.25, 0.3) is 0 Å². The summed E-state index contributed by atoms with van der Waals surface area (Å²) in [7, 11) is 0. The van der Waals surface area contributed by atoms with E-state index in [1.165, 1.54) is 0 Å². The Hall–Kier alpha value is -2.71. The number of rotatable bonds is 19. The summed E-state index contributed by atoms with van der Waals surface area (Å²) in [6.07, 6.45) is -52.0. The molecule has 6 rings (SSSR count). The summed E-state index contributed by atoms with van der Waals surface area (Å²) in [6.45, 7) is -2.67. The van der Waals surface area contributed by atoms with E-state index >= 15 is 0 Å². The second-order valence-corrected chi connectivity index (χ2v) is 19.0. The number of hydrogen-bond donors (Lipinski definition) is 20. The van der Waals surface area contributed by atoms with Gasteiger partial charge in [0.1, 0.15) is 146 Å². The Labute approximate surface area is 431 Å². The van der Waals surface area contributed by atoms with Gasteiger partial charge < -0.3 is 155 Å². The van der Waals surface area contributed by atoms with Crippen molar-refractivity contribution in [3.8, 4) is 0 Å². The summed E-state index contributed by atoms with van der Waals surface area (Å²) >= 11 is 0. The fraction of sp³-hybridized carbons (Fsp3) is 0.929. The van der Waals surface area contributed by atoms with E-state index in [2.05, 4.69) is 16.0 Å². The third-order valence-corrected chi connectivity index (χ3v) is 13.6.